The Bertz CT molecular complexity index is 1420. The quantitative estimate of drug-likeness (QED) is 0.414. The summed E-state index contributed by atoms with van der Waals surface area (Å²) in [7, 11) is 1.59. The summed E-state index contributed by atoms with van der Waals surface area (Å²) in [6, 6.07) is 11.7. The maximum Gasteiger partial charge on any atom is 0.297 e. The van der Waals surface area contributed by atoms with E-state index in [4.69, 9.17) is 13.9 Å². The average Bonchev–Trinajstić information content (AvgIpc) is 3.30. The summed E-state index contributed by atoms with van der Waals surface area (Å²) in [5.74, 6) is 0.908. The highest BCUT2D eigenvalue weighted by Gasteiger charge is 2.45. The zero-order chi connectivity index (χ0) is 23.3. The number of hydrogen-bond acceptors (Lipinski definition) is 7. The minimum Gasteiger partial charge on any atom is -0.497 e. The van der Waals surface area contributed by atoms with Gasteiger partial charge < -0.3 is 13.9 Å². The summed E-state index contributed by atoms with van der Waals surface area (Å²) >= 11 is 1.42. The van der Waals surface area contributed by atoms with Crippen molar-refractivity contribution in [2.75, 3.05) is 18.6 Å². The van der Waals surface area contributed by atoms with Crippen molar-refractivity contribution in [3.63, 3.8) is 0 Å². The molecule has 0 saturated heterocycles. The second-order valence-electron chi connectivity index (χ2n) is 7.75. The molecule has 1 unspecified atom stereocenters. The number of thiazole rings is 1. The second-order valence-corrected chi connectivity index (χ2v) is 8.94. The molecule has 0 fully saturated rings. The fourth-order valence-electron chi connectivity index (χ4n) is 4.07. The molecule has 4 aromatic rings. The number of anilines is 1. The van der Waals surface area contributed by atoms with Crippen molar-refractivity contribution in [2.45, 2.75) is 26.8 Å². The molecule has 0 spiro atoms. The third-order valence-electron chi connectivity index (χ3n) is 5.81. The van der Waals surface area contributed by atoms with Gasteiger partial charge in [0.25, 0.3) is 5.91 Å². The van der Waals surface area contributed by atoms with Crippen LogP contribution in [0.3, 0.4) is 0 Å². The summed E-state index contributed by atoms with van der Waals surface area (Å²) in [5.41, 5.74) is 2.01. The molecule has 1 aliphatic rings. The van der Waals surface area contributed by atoms with E-state index in [0.29, 0.717) is 39.8 Å². The first-order valence-electron chi connectivity index (χ1n) is 10.6. The molecule has 3 heterocycles. The summed E-state index contributed by atoms with van der Waals surface area (Å²) in [5, 5.41) is 0.928. The molecule has 2 aromatic heterocycles. The van der Waals surface area contributed by atoms with E-state index in [-0.39, 0.29) is 17.1 Å². The minimum atomic E-state index is -0.657. The third-order valence-corrected chi connectivity index (χ3v) is 6.88. The van der Waals surface area contributed by atoms with Gasteiger partial charge in [0, 0.05) is 10.9 Å². The van der Waals surface area contributed by atoms with Gasteiger partial charge in [-0.2, -0.15) is 0 Å². The summed E-state index contributed by atoms with van der Waals surface area (Å²) < 4.78 is 16.9. The number of rotatable bonds is 5. The third kappa shape index (κ3) is 3.38. The summed E-state index contributed by atoms with van der Waals surface area (Å²) in [6.07, 6.45) is 0. The van der Waals surface area contributed by atoms with Crippen molar-refractivity contribution in [1.29, 1.82) is 0 Å². The number of methoxy groups -OCH3 is 1. The first-order chi connectivity index (χ1) is 15.9. The van der Waals surface area contributed by atoms with Crippen LogP contribution in [-0.4, -0.2) is 24.6 Å². The maximum atomic E-state index is 13.7. The Morgan fingerprint density at radius 1 is 1.09 bits per heavy atom. The molecule has 0 radical (unpaired) electrons. The molecule has 0 N–H and O–H groups in total. The number of hydrogen-bond donors (Lipinski definition) is 0. The molecule has 1 aliphatic heterocycles. The molecule has 8 heteroatoms. The largest absolute Gasteiger partial charge is 0.497 e. The standard InChI is InChI=1S/C25H22N2O5S/c1-5-31-17-10-11-18-19(12-17)32-23-20(22(18)28)21(15-6-8-16(30-4)9-7-15)27(24(23)29)25-26-13(2)14(3)33-25/h6-12,21H,5H2,1-4H3. The Morgan fingerprint density at radius 2 is 1.82 bits per heavy atom. The lowest BCUT2D eigenvalue weighted by Crippen LogP contribution is -2.29. The van der Waals surface area contributed by atoms with Crippen LogP contribution in [0.4, 0.5) is 5.13 Å². The Balaban J connectivity index is 1.76. The van der Waals surface area contributed by atoms with E-state index in [1.807, 2.05) is 45.0 Å². The van der Waals surface area contributed by atoms with Crippen molar-refractivity contribution in [1.82, 2.24) is 4.98 Å². The van der Waals surface area contributed by atoms with Crippen LogP contribution in [0.2, 0.25) is 0 Å². The Hall–Kier alpha value is -3.65. The van der Waals surface area contributed by atoms with Crippen LogP contribution in [0.1, 0.15) is 45.2 Å². The van der Waals surface area contributed by atoms with Gasteiger partial charge in [-0.25, -0.2) is 4.98 Å². The van der Waals surface area contributed by atoms with E-state index in [1.165, 1.54) is 11.3 Å². The number of carbonyl (C=O) groups is 1. The van der Waals surface area contributed by atoms with Crippen molar-refractivity contribution in [3.05, 3.63) is 80.1 Å². The highest BCUT2D eigenvalue weighted by atomic mass is 32.1. The molecule has 1 atom stereocenters. The lowest BCUT2D eigenvalue weighted by atomic mass is 9.98. The van der Waals surface area contributed by atoms with E-state index >= 15 is 0 Å². The van der Waals surface area contributed by atoms with E-state index in [0.717, 1.165) is 16.1 Å². The summed E-state index contributed by atoms with van der Waals surface area (Å²) in [6.45, 7) is 6.22. The van der Waals surface area contributed by atoms with Crippen molar-refractivity contribution >= 4 is 33.3 Å². The predicted molar refractivity (Wildman–Crippen MR) is 127 cm³/mol. The van der Waals surface area contributed by atoms with Gasteiger partial charge in [0.1, 0.15) is 17.1 Å². The SMILES string of the molecule is CCOc1ccc2c(=O)c3c(oc2c1)C(=O)N(c1nc(C)c(C)s1)C3c1ccc(OC)cc1. The monoisotopic (exact) mass is 462 g/mol. The van der Waals surface area contributed by atoms with Crippen LogP contribution in [0.5, 0.6) is 11.5 Å². The number of amides is 1. The molecular formula is C25H22N2O5S. The highest BCUT2D eigenvalue weighted by Crippen LogP contribution is 2.43. The number of aromatic nitrogens is 1. The molecule has 5 rings (SSSR count). The van der Waals surface area contributed by atoms with Crippen molar-refractivity contribution < 1.29 is 18.7 Å². The van der Waals surface area contributed by atoms with Gasteiger partial charge in [-0.3, -0.25) is 14.5 Å². The first-order valence-corrected chi connectivity index (χ1v) is 11.4. The number of fused-ring (bicyclic) bond motifs is 2. The van der Waals surface area contributed by atoms with Gasteiger partial charge in [-0.15, -0.1) is 11.3 Å². The van der Waals surface area contributed by atoms with Gasteiger partial charge in [0.15, 0.2) is 10.6 Å². The zero-order valence-electron chi connectivity index (χ0n) is 18.7. The minimum absolute atomic E-state index is 0.0347. The van der Waals surface area contributed by atoms with Crippen LogP contribution in [0.15, 0.2) is 51.7 Å². The maximum absolute atomic E-state index is 13.7. The summed E-state index contributed by atoms with van der Waals surface area (Å²) in [4.78, 5) is 34.5. The smallest absolute Gasteiger partial charge is 0.297 e. The lowest BCUT2D eigenvalue weighted by Gasteiger charge is -2.22. The molecule has 0 saturated carbocycles. The number of carbonyl (C=O) groups excluding carboxylic acids is 1. The number of aryl methyl sites for hydroxylation is 2. The molecule has 7 nitrogen and oxygen atoms in total. The van der Waals surface area contributed by atoms with Crippen LogP contribution in [0, 0.1) is 13.8 Å². The van der Waals surface area contributed by atoms with E-state index < -0.39 is 6.04 Å². The van der Waals surface area contributed by atoms with Gasteiger partial charge in [0.2, 0.25) is 5.76 Å². The molecule has 33 heavy (non-hydrogen) atoms. The molecule has 0 aliphatic carbocycles. The molecule has 168 valence electrons. The fourth-order valence-corrected chi connectivity index (χ4v) is 5.00. The van der Waals surface area contributed by atoms with Crippen molar-refractivity contribution in [3.8, 4) is 11.5 Å². The number of benzene rings is 2. The lowest BCUT2D eigenvalue weighted by molar-refractivity contribution is 0.0971. The number of ether oxygens (including phenoxy) is 2. The predicted octanol–water partition coefficient (Wildman–Crippen LogP) is 5.02. The zero-order valence-corrected chi connectivity index (χ0v) is 19.5. The highest BCUT2D eigenvalue weighted by molar-refractivity contribution is 7.15. The van der Waals surface area contributed by atoms with Gasteiger partial charge in [-0.1, -0.05) is 12.1 Å². The molecule has 1 amide bonds. The van der Waals surface area contributed by atoms with Gasteiger partial charge >= 0.3 is 0 Å². The Kier molecular flexibility index (Phi) is 5.17. The van der Waals surface area contributed by atoms with Crippen LogP contribution >= 0.6 is 11.3 Å². The molecule has 2 aromatic carbocycles. The van der Waals surface area contributed by atoms with Crippen LogP contribution in [-0.2, 0) is 0 Å². The Morgan fingerprint density at radius 3 is 2.45 bits per heavy atom. The Labute approximate surface area is 194 Å². The van der Waals surface area contributed by atoms with Gasteiger partial charge in [-0.05, 0) is 50.6 Å². The van der Waals surface area contributed by atoms with Crippen LogP contribution in [0.25, 0.3) is 11.0 Å². The normalized spacial score (nSPS) is 15.2. The topological polar surface area (TPSA) is 81.9 Å². The fraction of sp³-hybridized carbons (Fsp3) is 0.240. The average molecular weight is 463 g/mol. The molecule has 0 bridgehead atoms. The number of nitrogens with zero attached hydrogens (tertiary/aromatic N) is 2. The van der Waals surface area contributed by atoms with Crippen LogP contribution < -0.4 is 19.8 Å². The first kappa shape index (κ1) is 21.2. The van der Waals surface area contributed by atoms with E-state index in [9.17, 15) is 9.59 Å². The van der Waals surface area contributed by atoms with Crippen molar-refractivity contribution in [2.24, 2.45) is 0 Å². The molecular weight excluding hydrogens is 440 g/mol. The van der Waals surface area contributed by atoms with Gasteiger partial charge in [0.05, 0.1) is 36.4 Å². The van der Waals surface area contributed by atoms with E-state index in [1.54, 1.807) is 30.2 Å². The second kappa shape index (κ2) is 8.04. The van der Waals surface area contributed by atoms with E-state index in [2.05, 4.69) is 4.98 Å².